The highest BCUT2D eigenvalue weighted by molar-refractivity contribution is 6.32. The van der Waals surface area contributed by atoms with E-state index in [9.17, 15) is 4.79 Å². The monoisotopic (exact) mass is 352 g/mol. The SMILES string of the molecule is Cc1nn(CC(C)C)c(Cl)c1/C=N\NC(=O)c1ccc(Cl)cc1. The highest BCUT2D eigenvalue weighted by Gasteiger charge is 2.12. The summed E-state index contributed by atoms with van der Waals surface area (Å²) in [6.07, 6.45) is 1.51. The summed E-state index contributed by atoms with van der Waals surface area (Å²) >= 11 is 12.1. The van der Waals surface area contributed by atoms with Gasteiger partial charge >= 0.3 is 0 Å². The van der Waals surface area contributed by atoms with Crippen LogP contribution in [0.5, 0.6) is 0 Å². The zero-order chi connectivity index (χ0) is 17.0. The maximum absolute atomic E-state index is 11.9. The molecule has 1 aromatic carbocycles. The standard InChI is InChI=1S/C16H18Cl2N4O/c1-10(2)9-22-15(18)14(11(3)21-22)8-19-20-16(23)12-4-6-13(17)7-5-12/h4-8,10H,9H2,1-3H3,(H,20,23)/b19-8-. The highest BCUT2D eigenvalue weighted by atomic mass is 35.5. The molecule has 0 saturated heterocycles. The van der Waals surface area contributed by atoms with Gasteiger partial charge in [-0.2, -0.15) is 10.2 Å². The van der Waals surface area contributed by atoms with Crippen molar-refractivity contribution in [1.82, 2.24) is 15.2 Å². The molecule has 0 atom stereocenters. The van der Waals surface area contributed by atoms with Gasteiger partial charge < -0.3 is 0 Å². The molecular weight excluding hydrogens is 335 g/mol. The number of rotatable bonds is 5. The Morgan fingerprint density at radius 1 is 1.35 bits per heavy atom. The number of benzene rings is 1. The Labute approximate surface area is 145 Å². The predicted octanol–water partition coefficient (Wildman–Crippen LogP) is 3.92. The molecule has 0 aliphatic rings. The summed E-state index contributed by atoms with van der Waals surface area (Å²) in [7, 11) is 0. The third-order valence-corrected chi connectivity index (χ3v) is 3.76. The van der Waals surface area contributed by atoms with E-state index in [2.05, 4.69) is 29.5 Å². The number of nitrogens with zero attached hydrogens (tertiary/aromatic N) is 3. The van der Waals surface area contributed by atoms with Crippen LogP contribution in [0.15, 0.2) is 29.4 Å². The summed E-state index contributed by atoms with van der Waals surface area (Å²) in [4.78, 5) is 11.9. The molecule has 1 aromatic heterocycles. The van der Waals surface area contributed by atoms with Gasteiger partial charge in [0.25, 0.3) is 5.91 Å². The number of halogens is 2. The zero-order valence-electron chi connectivity index (χ0n) is 13.2. The van der Waals surface area contributed by atoms with E-state index in [-0.39, 0.29) is 5.91 Å². The molecule has 0 spiro atoms. The maximum Gasteiger partial charge on any atom is 0.271 e. The summed E-state index contributed by atoms with van der Waals surface area (Å²) in [5, 5.41) is 9.43. The Kier molecular flexibility index (Phi) is 5.80. The summed E-state index contributed by atoms with van der Waals surface area (Å²) in [5.41, 5.74) is 4.40. The van der Waals surface area contributed by atoms with Crippen molar-refractivity contribution >= 4 is 35.3 Å². The number of hydrogen-bond acceptors (Lipinski definition) is 3. The molecule has 0 fully saturated rings. The van der Waals surface area contributed by atoms with E-state index in [1.165, 1.54) is 6.21 Å². The first-order chi connectivity index (χ1) is 10.9. The summed E-state index contributed by atoms with van der Waals surface area (Å²) in [6.45, 7) is 6.76. The number of hydrazone groups is 1. The molecule has 7 heteroatoms. The number of amides is 1. The third kappa shape index (κ3) is 4.56. The minimum atomic E-state index is -0.318. The Morgan fingerprint density at radius 2 is 2.00 bits per heavy atom. The normalized spacial score (nSPS) is 11.4. The average Bonchev–Trinajstić information content (AvgIpc) is 2.74. The van der Waals surface area contributed by atoms with Crippen LogP contribution in [0.3, 0.4) is 0 Å². The van der Waals surface area contributed by atoms with Crippen molar-refractivity contribution in [3.05, 3.63) is 51.3 Å². The van der Waals surface area contributed by atoms with Crippen molar-refractivity contribution in [2.75, 3.05) is 0 Å². The molecule has 1 heterocycles. The van der Waals surface area contributed by atoms with Crippen LogP contribution in [0, 0.1) is 12.8 Å². The maximum atomic E-state index is 11.9. The minimum absolute atomic E-state index is 0.318. The van der Waals surface area contributed by atoms with Gasteiger partial charge in [-0.3, -0.25) is 9.48 Å². The molecular formula is C16H18Cl2N4O. The first-order valence-corrected chi connectivity index (χ1v) is 7.96. The van der Waals surface area contributed by atoms with E-state index in [0.717, 1.165) is 12.2 Å². The lowest BCUT2D eigenvalue weighted by atomic mass is 10.2. The molecule has 0 unspecified atom stereocenters. The molecule has 0 saturated carbocycles. The van der Waals surface area contributed by atoms with Gasteiger partial charge in [0.05, 0.1) is 17.5 Å². The van der Waals surface area contributed by atoms with Gasteiger partial charge in [0.2, 0.25) is 0 Å². The van der Waals surface area contributed by atoms with E-state index >= 15 is 0 Å². The van der Waals surface area contributed by atoms with Gasteiger partial charge in [-0.15, -0.1) is 0 Å². The first-order valence-electron chi connectivity index (χ1n) is 7.20. The number of nitrogens with one attached hydrogen (secondary N) is 1. The van der Waals surface area contributed by atoms with Crippen molar-refractivity contribution in [3.63, 3.8) is 0 Å². The Bertz CT molecular complexity index is 720. The van der Waals surface area contributed by atoms with Gasteiger partial charge in [0.1, 0.15) is 5.15 Å². The number of carbonyl (C=O) groups excluding carboxylic acids is 1. The van der Waals surface area contributed by atoms with E-state index in [4.69, 9.17) is 23.2 Å². The molecule has 122 valence electrons. The van der Waals surface area contributed by atoms with E-state index in [0.29, 0.717) is 27.2 Å². The topological polar surface area (TPSA) is 59.3 Å². The van der Waals surface area contributed by atoms with Crippen LogP contribution < -0.4 is 5.43 Å². The van der Waals surface area contributed by atoms with Crippen LogP contribution >= 0.6 is 23.2 Å². The largest absolute Gasteiger partial charge is 0.271 e. The molecule has 2 aromatic rings. The van der Waals surface area contributed by atoms with Crippen molar-refractivity contribution in [1.29, 1.82) is 0 Å². The molecule has 5 nitrogen and oxygen atoms in total. The van der Waals surface area contributed by atoms with Crippen molar-refractivity contribution in [3.8, 4) is 0 Å². The summed E-state index contributed by atoms with van der Waals surface area (Å²) < 4.78 is 1.74. The number of carbonyl (C=O) groups is 1. The highest BCUT2D eigenvalue weighted by Crippen LogP contribution is 2.19. The van der Waals surface area contributed by atoms with E-state index in [1.54, 1.807) is 28.9 Å². The van der Waals surface area contributed by atoms with Gasteiger partial charge in [0.15, 0.2) is 0 Å². The van der Waals surface area contributed by atoms with E-state index in [1.807, 2.05) is 6.92 Å². The van der Waals surface area contributed by atoms with Crippen LogP contribution in [-0.4, -0.2) is 21.9 Å². The van der Waals surface area contributed by atoms with Crippen LogP contribution in [0.2, 0.25) is 10.2 Å². The number of aromatic nitrogens is 2. The Morgan fingerprint density at radius 3 is 2.61 bits per heavy atom. The Hall–Kier alpha value is -1.85. The summed E-state index contributed by atoms with van der Waals surface area (Å²) in [6, 6.07) is 6.56. The second kappa shape index (κ2) is 7.62. The van der Waals surface area contributed by atoms with Crippen molar-refractivity contribution < 1.29 is 4.79 Å². The lowest BCUT2D eigenvalue weighted by molar-refractivity contribution is 0.0955. The number of aryl methyl sites for hydroxylation is 1. The van der Waals surface area contributed by atoms with Crippen LogP contribution in [0.1, 0.15) is 35.5 Å². The quantitative estimate of drug-likeness (QED) is 0.654. The van der Waals surface area contributed by atoms with Crippen LogP contribution in [0.4, 0.5) is 0 Å². The van der Waals surface area contributed by atoms with Crippen LogP contribution in [-0.2, 0) is 6.54 Å². The molecule has 0 aliphatic carbocycles. The lowest BCUT2D eigenvalue weighted by Crippen LogP contribution is -2.17. The molecule has 0 bridgehead atoms. The van der Waals surface area contributed by atoms with Crippen LogP contribution in [0.25, 0.3) is 0 Å². The van der Waals surface area contributed by atoms with E-state index < -0.39 is 0 Å². The summed E-state index contributed by atoms with van der Waals surface area (Å²) in [5.74, 6) is 0.113. The molecule has 2 rings (SSSR count). The molecule has 1 N–H and O–H groups in total. The first kappa shape index (κ1) is 17.5. The second-order valence-electron chi connectivity index (χ2n) is 5.57. The fraction of sp³-hybridized carbons (Fsp3) is 0.312. The van der Waals surface area contributed by atoms with Crippen molar-refractivity contribution in [2.45, 2.75) is 27.3 Å². The van der Waals surface area contributed by atoms with Gasteiger partial charge in [0, 0.05) is 17.1 Å². The van der Waals surface area contributed by atoms with Gasteiger partial charge in [-0.05, 0) is 37.1 Å². The fourth-order valence-corrected chi connectivity index (χ4v) is 2.42. The predicted molar refractivity (Wildman–Crippen MR) is 93.3 cm³/mol. The third-order valence-electron chi connectivity index (χ3n) is 3.11. The zero-order valence-corrected chi connectivity index (χ0v) is 14.7. The lowest BCUT2D eigenvalue weighted by Gasteiger charge is -2.05. The number of hydrogen-bond donors (Lipinski definition) is 1. The smallest absolute Gasteiger partial charge is 0.267 e. The van der Waals surface area contributed by atoms with Crippen molar-refractivity contribution in [2.24, 2.45) is 11.0 Å². The fourth-order valence-electron chi connectivity index (χ4n) is 2.00. The molecule has 23 heavy (non-hydrogen) atoms. The average molecular weight is 353 g/mol. The second-order valence-corrected chi connectivity index (χ2v) is 6.37. The molecule has 0 radical (unpaired) electrons. The molecule has 1 amide bonds. The minimum Gasteiger partial charge on any atom is -0.267 e. The molecule has 0 aliphatic heterocycles. The Balaban J connectivity index is 2.07. The van der Waals surface area contributed by atoms with Gasteiger partial charge in [-0.25, -0.2) is 5.43 Å². The van der Waals surface area contributed by atoms with Gasteiger partial charge in [-0.1, -0.05) is 37.0 Å².